The van der Waals surface area contributed by atoms with Gasteiger partial charge in [0, 0.05) is 40.5 Å². The molecule has 2 fully saturated rings. The van der Waals surface area contributed by atoms with Crippen LogP contribution in [0.25, 0.3) is 10.8 Å². The van der Waals surface area contributed by atoms with Gasteiger partial charge in [0.15, 0.2) is 11.5 Å². The van der Waals surface area contributed by atoms with Gasteiger partial charge in [-0.3, -0.25) is 19.1 Å². The predicted molar refractivity (Wildman–Crippen MR) is 224 cm³/mol. The molecule has 5 N–H and O–H groups in total. The van der Waals surface area contributed by atoms with Crippen LogP contribution in [0.5, 0.6) is 17.4 Å². The van der Waals surface area contributed by atoms with E-state index >= 15 is 0 Å². The largest absolute Gasteiger partial charge is 0.486 e. The Labute approximate surface area is 342 Å². The second-order valence-corrected chi connectivity index (χ2v) is 18.3. The molecular weight excluding hydrogens is 755 g/mol. The van der Waals surface area contributed by atoms with Crippen LogP contribution in [0.4, 0.5) is 4.79 Å². The Morgan fingerprint density at radius 1 is 1.11 bits per heavy atom. The van der Waals surface area contributed by atoms with Gasteiger partial charge in [0.2, 0.25) is 33.6 Å². The standard InChI is InChI=1S/C29H39N3O5.C7H13NO3S.C5H11NO2.3H2/c1-4-6-7-8-19(3)15-20(5-2)16-26(33)32-18-21(17-24(32)28(30)34)37-29-23-9-10-25-27(36-14-13-35-25)22(23)11-12-31-29;1-3-6(9)8-12(10,11)7(2)4-5-7;1-5(2,3)8-4(6)7;;;/h4,6,9-12,19-21,24H,5,7-8,13-18H2,1-3H3,(H2,30,34);3-5H2,1-2H3,(H,8,9);1-3H3,(H2,6,7);3*1H/b6-4-;;;;;/t19-,20-,21-,24+;;;;;/m1...../s1. The molecule has 324 valence electrons. The van der Waals surface area contributed by atoms with Crippen molar-refractivity contribution >= 4 is 44.6 Å². The average Bonchev–Trinajstić information content (AvgIpc) is 3.76. The number of likely N-dealkylation sites (tertiary alicyclic amines) is 1. The average molecular weight is 824 g/mol. The highest BCUT2D eigenvalue weighted by molar-refractivity contribution is 7.91. The SMILES string of the molecule is C/C=C\CC[C@@H](C)C[C@@H](CC)CC(=O)N1C[C@H](Oc2nccc3c4c(ccc23)OCCO4)C[C@H]1C(N)=O.CC(C)(C)OC(N)=O.CCC(=O)NS(=O)(=O)C1(C)CC1.[HH].[HH].[HH]. The number of hydrogen-bond acceptors (Lipinski definition) is 11. The molecule has 1 saturated carbocycles. The van der Waals surface area contributed by atoms with E-state index in [1.807, 2.05) is 29.8 Å². The number of primary amides is 2. The first kappa shape index (κ1) is 46.8. The van der Waals surface area contributed by atoms with Crippen LogP contribution >= 0.6 is 0 Å². The number of nitrogens with one attached hydrogen (secondary N) is 1. The molecule has 0 radical (unpaired) electrons. The van der Waals surface area contributed by atoms with Gasteiger partial charge in [-0.15, -0.1) is 0 Å². The van der Waals surface area contributed by atoms with Gasteiger partial charge in [0.25, 0.3) is 0 Å². The number of pyridine rings is 1. The Balaban J connectivity index is 0.00000125. The van der Waals surface area contributed by atoms with E-state index in [9.17, 15) is 27.6 Å². The van der Waals surface area contributed by atoms with E-state index in [2.05, 4.69) is 35.7 Å². The quantitative estimate of drug-likeness (QED) is 0.171. The fraction of sp³-hybridized carbons (Fsp3) is 0.634. The minimum absolute atomic E-state index is 0. The zero-order valence-corrected chi connectivity index (χ0v) is 35.6. The maximum absolute atomic E-state index is 13.3. The number of nitrogens with two attached hydrogens (primary N) is 2. The summed E-state index contributed by atoms with van der Waals surface area (Å²) in [5, 5.41) is 1.65. The molecule has 4 atom stereocenters. The van der Waals surface area contributed by atoms with E-state index in [0.717, 1.165) is 36.5 Å². The normalized spacial score (nSPS) is 19.3. The van der Waals surface area contributed by atoms with Gasteiger partial charge in [-0.05, 0) is 96.8 Å². The van der Waals surface area contributed by atoms with E-state index in [0.29, 0.717) is 68.7 Å². The van der Waals surface area contributed by atoms with Crippen molar-refractivity contribution in [3.05, 3.63) is 36.5 Å². The van der Waals surface area contributed by atoms with Gasteiger partial charge in [0.1, 0.15) is 31.0 Å². The number of nitrogens with zero attached hydrogens (tertiary/aromatic N) is 2. The Morgan fingerprint density at radius 3 is 2.35 bits per heavy atom. The highest BCUT2D eigenvalue weighted by Crippen LogP contribution is 2.42. The Hall–Kier alpha value is -4.60. The summed E-state index contributed by atoms with van der Waals surface area (Å²) >= 11 is 0. The first-order chi connectivity index (χ1) is 26.7. The maximum Gasteiger partial charge on any atom is 0.405 e. The number of ether oxygens (including phenoxy) is 4. The van der Waals surface area contributed by atoms with E-state index in [1.54, 1.807) is 45.7 Å². The summed E-state index contributed by atoms with van der Waals surface area (Å²) < 4.78 is 46.4. The molecule has 0 unspecified atom stereocenters. The minimum Gasteiger partial charge on any atom is -0.486 e. The number of rotatable bonds is 14. The van der Waals surface area contributed by atoms with Gasteiger partial charge in [-0.2, -0.15) is 0 Å². The zero-order chi connectivity index (χ0) is 42.6. The molecule has 4 amide bonds. The molecule has 3 aliphatic rings. The van der Waals surface area contributed by atoms with Crippen LogP contribution in [0.2, 0.25) is 0 Å². The monoisotopic (exact) mass is 823 g/mol. The van der Waals surface area contributed by atoms with Crippen LogP contribution in [0.1, 0.15) is 117 Å². The molecule has 1 aromatic heterocycles. The maximum atomic E-state index is 13.3. The number of carbonyl (C=O) groups is 4. The summed E-state index contributed by atoms with van der Waals surface area (Å²) in [4.78, 5) is 52.5. The van der Waals surface area contributed by atoms with Crippen molar-refractivity contribution < 1.29 is 50.8 Å². The zero-order valence-electron chi connectivity index (χ0n) is 34.8. The molecule has 2 aromatic rings. The van der Waals surface area contributed by atoms with Crippen molar-refractivity contribution in [3.63, 3.8) is 0 Å². The van der Waals surface area contributed by atoms with Crippen LogP contribution < -0.4 is 30.4 Å². The Kier molecular flexibility index (Phi) is 17.0. The summed E-state index contributed by atoms with van der Waals surface area (Å²) in [6.45, 7) is 16.3. The molecule has 0 spiro atoms. The fourth-order valence-corrected chi connectivity index (χ4v) is 7.83. The molecule has 1 saturated heterocycles. The summed E-state index contributed by atoms with van der Waals surface area (Å²) in [6, 6.07) is 4.95. The number of fused-ring (bicyclic) bond motifs is 3. The van der Waals surface area contributed by atoms with Gasteiger partial charge in [0.05, 0.1) is 11.3 Å². The molecule has 15 nitrogen and oxygen atoms in total. The lowest BCUT2D eigenvalue weighted by atomic mass is 9.88. The van der Waals surface area contributed by atoms with Crippen molar-refractivity contribution in [2.45, 2.75) is 136 Å². The first-order valence-electron chi connectivity index (χ1n) is 19.8. The Morgan fingerprint density at radius 2 is 1.79 bits per heavy atom. The first-order valence-corrected chi connectivity index (χ1v) is 21.3. The third-order valence-electron chi connectivity index (χ3n) is 10.0. The van der Waals surface area contributed by atoms with Gasteiger partial charge < -0.3 is 35.3 Å². The summed E-state index contributed by atoms with van der Waals surface area (Å²) in [7, 11) is -3.40. The minimum atomic E-state index is -3.40. The number of allylic oxidation sites excluding steroid dienone is 2. The van der Waals surface area contributed by atoms with Crippen LogP contribution in [-0.4, -0.2) is 84.4 Å². The number of amides is 4. The highest BCUT2D eigenvalue weighted by atomic mass is 32.2. The third kappa shape index (κ3) is 14.1. The van der Waals surface area contributed by atoms with Crippen LogP contribution in [0.15, 0.2) is 36.5 Å². The number of aromatic nitrogens is 1. The van der Waals surface area contributed by atoms with E-state index in [4.69, 9.17) is 25.7 Å². The number of sulfonamides is 1. The van der Waals surface area contributed by atoms with E-state index < -0.39 is 44.3 Å². The molecule has 0 bridgehead atoms. The molecule has 2 aliphatic heterocycles. The molecular formula is C41H69N5O10S. The number of benzene rings is 1. The molecule has 57 heavy (non-hydrogen) atoms. The van der Waals surface area contributed by atoms with Crippen molar-refractivity contribution in [2.24, 2.45) is 23.3 Å². The number of hydrogen-bond donors (Lipinski definition) is 3. The molecule has 3 heterocycles. The smallest absolute Gasteiger partial charge is 0.405 e. The second kappa shape index (κ2) is 20.7. The summed E-state index contributed by atoms with van der Waals surface area (Å²) in [5.41, 5.74) is 9.98. The second-order valence-electron chi connectivity index (χ2n) is 16.1. The van der Waals surface area contributed by atoms with Crippen LogP contribution in [0, 0.1) is 11.8 Å². The predicted octanol–water partition coefficient (Wildman–Crippen LogP) is 6.65. The van der Waals surface area contributed by atoms with E-state index in [1.165, 1.54) is 0 Å². The van der Waals surface area contributed by atoms with Crippen LogP contribution in [0.3, 0.4) is 0 Å². The lowest BCUT2D eigenvalue weighted by Crippen LogP contribution is -2.44. The molecule has 16 heteroatoms. The molecule has 1 aliphatic carbocycles. The Bertz CT molecular complexity index is 1860. The van der Waals surface area contributed by atoms with Crippen molar-refractivity contribution in [1.82, 2.24) is 14.6 Å². The number of carbonyl (C=O) groups excluding carboxylic acids is 4. The lowest BCUT2D eigenvalue weighted by molar-refractivity contribution is -0.138. The van der Waals surface area contributed by atoms with Gasteiger partial charge >= 0.3 is 6.09 Å². The van der Waals surface area contributed by atoms with E-state index in [-0.39, 0.29) is 28.6 Å². The summed E-state index contributed by atoms with van der Waals surface area (Å²) in [6.07, 6.45) is 11.2. The topological polar surface area (TPSA) is 220 Å². The van der Waals surface area contributed by atoms with Gasteiger partial charge in [-0.25, -0.2) is 18.2 Å². The van der Waals surface area contributed by atoms with Crippen molar-refractivity contribution in [3.8, 4) is 17.4 Å². The highest BCUT2D eigenvalue weighted by Gasteiger charge is 2.50. The van der Waals surface area contributed by atoms with Crippen LogP contribution in [-0.2, 0) is 29.1 Å². The third-order valence-corrected chi connectivity index (χ3v) is 12.2. The van der Waals surface area contributed by atoms with Crippen molar-refractivity contribution in [2.75, 3.05) is 19.8 Å². The molecule has 1 aromatic carbocycles. The van der Waals surface area contributed by atoms with Gasteiger partial charge in [-0.1, -0.05) is 39.3 Å². The van der Waals surface area contributed by atoms with Crippen molar-refractivity contribution in [1.29, 1.82) is 0 Å². The fourth-order valence-electron chi connectivity index (χ4n) is 6.50. The lowest BCUT2D eigenvalue weighted by Gasteiger charge is -2.25. The summed E-state index contributed by atoms with van der Waals surface area (Å²) in [5.74, 6) is 1.67. The molecule has 5 rings (SSSR count).